The van der Waals surface area contributed by atoms with Crippen LogP contribution in [0.15, 0.2) is 18.2 Å². The van der Waals surface area contributed by atoms with Crippen LogP contribution in [0.1, 0.15) is 36.4 Å². The highest BCUT2D eigenvalue weighted by molar-refractivity contribution is 5.35. The average Bonchev–Trinajstić information content (AvgIpc) is 3.13. The number of likely N-dealkylation sites (N-methyl/N-ethyl adjacent to an activating group) is 1. The zero-order valence-corrected chi connectivity index (χ0v) is 11.0. The topological polar surface area (TPSA) is 15.3 Å². The van der Waals surface area contributed by atoms with Gasteiger partial charge in [0, 0.05) is 25.2 Å². The van der Waals surface area contributed by atoms with Gasteiger partial charge in [-0.15, -0.1) is 0 Å². The van der Waals surface area contributed by atoms with E-state index in [1.807, 2.05) is 6.07 Å². The van der Waals surface area contributed by atoms with Gasteiger partial charge in [0.1, 0.15) is 5.82 Å². The number of benzene rings is 1. The van der Waals surface area contributed by atoms with Crippen molar-refractivity contribution < 1.29 is 4.39 Å². The van der Waals surface area contributed by atoms with Gasteiger partial charge < -0.3 is 10.2 Å². The zero-order chi connectivity index (χ0) is 12.5. The van der Waals surface area contributed by atoms with E-state index >= 15 is 0 Å². The van der Waals surface area contributed by atoms with E-state index in [1.165, 1.54) is 18.4 Å². The van der Waals surface area contributed by atoms with Crippen LogP contribution in [0.3, 0.4) is 0 Å². The monoisotopic (exact) mass is 248 g/mol. The van der Waals surface area contributed by atoms with Crippen LogP contribution >= 0.6 is 0 Å². The van der Waals surface area contributed by atoms with Crippen LogP contribution in [0.2, 0.25) is 0 Å². The summed E-state index contributed by atoms with van der Waals surface area (Å²) in [6.07, 6.45) is 4.61. The lowest BCUT2D eigenvalue weighted by atomic mass is 10.1. The Morgan fingerprint density at radius 1 is 1.33 bits per heavy atom. The number of rotatable bonds is 5. The van der Waals surface area contributed by atoms with Crippen molar-refractivity contribution in [3.63, 3.8) is 0 Å². The van der Waals surface area contributed by atoms with Gasteiger partial charge in [0.05, 0.1) is 0 Å². The molecule has 2 aliphatic carbocycles. The molecule has 0 spiro atoms. The SMILES string of the molecule is CN(CCNC1CCc2c(F)cccc21)C1CC1. The van der Waals surface area contributed by atoms with Crippen LogP contribution in [0.25, 0.3) is 0 Å². The smallest absolute Gasteiger partial charge is 0.126 e. The van der Waals surface area contributed by atoms with Crippen molar-refractivity contribution in [1.29, 1.82) is 0 Å². The molecule has 2 aliphatic rings. The van der Waals surface area contributed by atoms with Crippen LogP contribution in [-0.2, 0) is 6.42 Å². The molecule has 3 rings (SSSR count). The van der Waals surface area contributed by atoms with Crippen LogP contribution in [-0.4, -0.2) is 31.1 Å². The Balaban J connectivity index is 1.54. The van der Waals surface area contributed by atoms with Gasteiger partial charge in [-0.3, -0.25) is 0 Å². The second kappa shape index (κ2) is 4.98. The summed E-state index contributed by atoms with van der Waals surface area (Å²) in [7, 11) is 2.20. The first kappa shape index (κ1) is 12.1. The van der Waals surface area contributed by atoms with E-state index in [0.717, 1.165) is 37.5 Å². The minimum absolute atomic E-state index is 0.0353. The maximum atomic E-state index is 13.6. The summed E-state index contributed by atoms with van der Waals surface area (Å²) in [6.45, 7) is 2.08. The molecular formula is C15H21FN2. The Morgan fingerprint density at radius 2 is 2.17 bits per heavy atom. The summed E-state index contributed by atoms with van der Waals surface area (Å²) in [6, 6.07) is 6.63. The number of fused-ring (bicyclic) bond motifs is 1. The average molecular weight is 248 g/mol. The summed E-state index contributed by atoms with van der Waals surface area (Å²) in [5.74, 6) is -0.0353. The third-order valence-corrected chi connectivity index (χ3v) is 4.24. The number of halogens is 1. The van der Waals surface area contributed by atoms with E-state index in [-0.39, 0.29) is 5.82 Å². The fourth-order valence-electron chi connectivity index (χ4n) is 2.93. The summed E-state index contributed by atoms with van der Waals surface area (Å²) >= 11 is 0. The van der Waals surface area contributed by atoms with Crippen molar-refractivity contribution >= 4 is 0 Å². The fraction of sp³-hybridized carbons (Fsp3) is 0.600. The fourth-order valence-corrected chi connectivity index (χ4v) is 2.93. The molecule has 2 nitrogen and oxygen atoms in total. The molecular weight excluding hydrogens is 227 g/mol. The highest BCUT2D eigenvalue weighted by Crippen LogP contribution is 2.32. The van der Waals surface area contributed by atoms with Gasteiger partial charge in [-0.25, -0.2) is 4.39 Å². The van der Waals surface area contributed by atoms with Gasteiger partial charge in [-0.05, 0) is 49.9 Å². The quantitative estimate of drug-likeness (QED) is 0.861. The highest BCUT2D eigenvalue weighted by atomic mass is 19.1. The maximum Gasteiger partial charge on any atom is 0.126 e. The van der Waals surface area contributed by atoms with Crippen molar-refractivity contribution in [2.45, 2.75) is 37.8 Å². The van der Waals surface area contributed by atoms with Gasteiger partial charge in [0.2, 0.25) is 0 Å². The first-order valence-corrected chi connectivity index (χ1v) is 6.96. The molecule has 0 saturated heterocycles. The molecule has 18 heavy (non-hydrogen) atoms. The summed E-state index contributed by atoms with van der Waals surface area (Å²) in [4.78, 5) is 2.43. The first-order valence-electron chi connectivity index (χ1n) is 6.96. The number of nitrogens with one attached hydrogen (secondary N) is 1. The Hall–Kier alpha value is -0.930. The molecule has 98 valence electrons. The third-order valence-electron chi connectivity index (χ3n) is 4.24. The summed E-state index contributed by atoms with van der Waals surface area (Å²) in [5, 5.41) is 3.57. The molecule has 0 aromatic heterocycles. The Labute approximate surface area is 108 Å². The summed E-state index contributed by atoms with van der Waals surface area (Å²) in [5.41, 5.74) is 2.09. The largest absolute Gasteiger partial charge is 0.309 e. The van der Waals surface area contributed by atoms with E-state index in [1.54, 1.807) is 6.07 Å². The molecule has 1 unspecified atom stereocenters. The third kappa shape index (κ3) is 2.43. The van der Waals surface area contributed by atoms with Gasteiger partial charge in [-0.1, -0.05) is 12.1 Å². The Bertz CT molecular complexity index is 429. The first-order chi connectivity index (χ1) is 8.75. The molecule has 0 radical (unpaired) electrons. The second-order valence-corrected chi connectivity index (χ2v) is 5.56. The number of hydrogen-bond donors (Lipinski definition) is 1. The van der Waals surface area contributed by atoms with Crippen molar-refractivity contribution in [3.8, 4) is 0 Å². The molecule has 1 saturated carbocycles. The lowest BCUT2D eigenvalue weighted by Gasteiger charge is -2.19. The predicted octanol–water partition coefficient (Wildman–Crippen LogP) is 2.50. The standard InChI is InChI=1S/C15H21FN2/c1-18(11-5-6-11)10-9-17-15-8-7-12-13(15)3-2-4-14(12)16/h2-4,11,15,17H,5-10H2,1H3. The zero-order valence-electron chi connectivity index (χ0n) is 11.0. The van der Waals surface area contributed by atoms with E-state index in [4.69, 9.17) is 0 Å². The van der Waals surface area contributed by atoms with Crippen LogP contribution in [0.5, 0.6) is 0 Å². The minimum atomic E-state index is -0.0353. The lowest BCUT2D eigenvalue weighted by molar-refractivity contribution is 0.314. The van der Waals surface area contributed by atoms with Gasteiger partial charge >= 0.3 is 0 Å². The Morgan fingerprint density at radius 3 is 2.94 bits per heavy atom. The minimum Gasteiger partial charge on any atom is -0.309 e. The molecule has 1 aromatic carbocycles. The second-order valence-electron chi connectivity index (χ2n) is 5.56. The van der Waals surface area contributed by atoms with Gasteiger partial charge in [0.15, 0.2) is 0 Å². The molecule has 3 heteroatoms. The highest BCUT2D eigenvalue weighted by Gasteiger charge is 2.27. The molecule has 1 N–H and O–H groups in total. The lowest BCUT2D eigenvalue weighted by Crippen LogP contribution is -2.32. The molecule has 1 atom stereocenters. The van der Waals surface area contributed by atoms with Crippen LogP contribution in [0, 0.1) is 5.82 Å². The van der Waals surface area contributed by atoms with Gasteiger partial charge in [0.25, 0.3) is 0 Å². The number of hydrogen-bond acceptors (Lipinski definition) is 2. The van der Waals surface area contributed by atoms with Crippen molar-refractivity contribution in [2.24, 2.45) is 0 Å². The van der Waals surface area contributed by atoms with Crippen LogP contribution < -0.4 is 5.32 Å². The molecule has 1 aromatic rings. The van der Waals surface area contributed by atoms with Gasteiger partial charge in [-0.2, -0.15) is 0 Å². The van der Waals surface area contributed by atoms with E-state index in [0.29, 0.717) is 6.04 Å². The molecule has 0 bridgehead atoms. The molecule has 0 amide bonds. The number of nitrogens with zero attached hydrogens (tertiary/aromatic N) is 1. The normalized spacial score (nSPS) is 22.5. The molecule has 0 heterocycles. The molecule has 1 fully saturated rings. The van der Waals surface area contributed by atoms with E-state index < -0.39 is 0 Å². The summed E-state index contributed by atoms with van der Waals surface area (Å²) < 4.78 is 13.6. The molecule has 0 aliphatic heterocycles. The predicted molar refractivity (Wildman–Crippen MR) is 71.1 cm³/mol. The van der Waals surface area contributed by atoms with Crippen molar-refractivity contribution in [2.75, 3.05) is 20.1 Å². The van der Waals surface area contributed by atoms with Crippen LogP contribution in [0.4, 0.5) is 4.39 Å². The van der Waals surface area contributed by atoms with Crippen molar-refractivity contribution in [1.82, 2.24) is 10.2 Å². The maximum absolute atomic E-state index is 13.6. The van der Waals surface area contributed by atoms with E-state index in [2.05, 4.69) is 23.3 Å². The Kier molecular flexibility index (Phi) is 3.35. The van der Waals surface area contributed by atoms with E-state index in [9.17, 15) is 4.39 Å². The van der Waals surface area contributed by atoms with Crippen molar-refractivity contribution in [3.05, 3.63) is 35.1 Å².